The van der Waals surface area contributed by atoms with Gasteiger partial charge < -0.3 is 20.9 Å². The van der Waals surface area contributed by atoms with Gasteiger partial charge in [0.15, 0.2) is 11.5 Å². The van der Waals surface area contributed by atoms with E-state index in [1.807, 2.05) is 41.1 Å². The van der Waals surface area contributed by atoms with E-state index in [-0.39, 0.29) is 0 Å². The Bertz CT molecular complexity index is 1060. The Morgan fingerprint density at radius 1 is 1.19 bits per heavy atom. The van der Waals surface area contributed by atoms with E-state index >= 15 is 0 Å². The summed E-state index contributed by atoms with van der Waals surface area (Å²) in [5.41, 5.74) is 9.64. The molecule has 5 rings (SSSR count). The fourth-order valence-corrected chi connectivity index (χ4v) is 2.90. The van der Waals surface area contributed by atoms with Gasteiger partial charge in [0.1, 0.15) is 5.82 Å². The molecule has 1 aromatic carbocycles. The molecule has 1 aliphatic carbocycles. The van der Waals surface area contributed by atoms with Crippen LogP contribution in [0.15, 0.2) is 55.2 Å². The summed E-state index contributed by atoms with van der Waals surface area (Å²) in [6.45, 7) is 0. The summed E-state index contributed by atoms with van der Waals surface area (Å²) in [7, 11) is 0. The lowest BCUT2D eigenvalue weighted by Gasteiger charge is -2.12. The van der Waals surface area contributed by atoms with E-state index in [9.17, 15) is 0 Å². The van der Waals surface area contributed by atoms with Crippen LogP contribution in [0.2, 0.25) is 0 Å². The molecule has 0 atom stereocenters. The highest BCUT2D eigenvalue weighted by atomic mass is 15.3. The quantitative estimate of drug-likeness (QED) is 0.514. The molecule has 4 N–H and O–H groups in total. The minimum absolute atomic E-state index is 0.509. The number of benzene rings is 1. The van der Waals surface area contributed by atoms with Crippen LogP contribution in [0, 0.1) is 0 Å². The van der Waals surface area contributed by atoms with Crippen LogP contribution in [-0.2, 0) is 0 Å². The minimum Gasteiger partial charge on any atom is -0.382 e. The van der Waals surface area contributed by atoms with Crippen molar-refractivity contribution in [3.63, 3.8) is 0 Å². The third kappa shape index (κ3) is 2.71. The first-order chi connectivity index (χ1) is 12.8. The number of hydrogen-bond donors (Lipinski definition) is 3. The maximum absolute atomic E-state index is 6.01. The normalized spacial score (nSPS) is 13.8. The Balaban J connectivity index is 1.51. The average molecular weight is 346 g/mol. The first-order valence-electron chi connectivity index (χ1n) is 8.52. The third-order valence-corrected chi connectivity index (χ3v) is 4.35. The highest BCUT2D eigenvalue weighted by molar-refractivity contribution is 5.74. The van der Waals surface area contributed by atoms with Gasteiger partial charge in [0, 0.05) is 35.9 Å². The van der Waals surface area contributed by atoms with Crippen molar-refractivity contribution in [2.24, 2.45) is 0 Å². The standard InChI is InChI=1S/C18H18N8/c19-16-10-21-18-15(22-12-4-5-12)9-17(24-26(16)18)23-13-2-1-3-14(8-13)25-7-6-20-11-25/h1-3,6-12,22H,4-5,19H2,(H,23,24). The molecule has 26 heavy (non-hydrogen) atoms. The SMILES string of the molecule is Nc1cnc2c(NC3CC3)cc(Nc3cccc(-n4ccnc4)c3)nn12. The Kier molecular flexibility index (Phi) is 3.27. The number of nitrogens with zero attached hydrogens (tertiary/aromatic N) is 5. The molecule has 3 heterocycles. The van der Waals surface area contributed by atoms with Crippen molar-refractivity contribution < 1.29 is 0 Å². The molecule has 0 radical (unpaired) electrons. The number of imidazole rings is 2. The summed E-state index contributed by atoms with van der Waals surface area (Å²) < 4.78 is 3.61. The molecule has 0 saturated heterocycles. The topological polar surface area (TPSA) is 98.1 Å². The predicted octanol–water partition coefficient (Wildman–Crippen LogP) is 2.82. The van der Waals surface area contributed by atoms with Gasteiger partial charge in [-0.05, 0) is 31.0 Å². The summed E-state index contributed by atoms with van der Waals surface area (Å²) in [6, 6.07) is 10.5. The third-order valence-electron chi connectivity index (χ3n) is 4.35. The number of rotatable bonds is 5. The van der Waals surface area contributed by atoms with Crippen LogP contribution in [0.25, 0.3) is 11.3 Å². The number of nitrogens with one attached hydrogen (secondary N) is 2. The van der Waals surface area contributed by atoms with Gasteiger partial charge in [0.2, 0.25) is 0 Å². The van der Waals surface area contributed by atoms with Crippen molar-refractivity contribution >= 4 is 28.7 Å². The summed E-state index contributed by atoms with van der Waals surface area (Å²) in [6.07, 6.45) is 9.43. The van der Waals surface area contributed by atoms with E-state index in [0.29, 0.717) is 17.7 Å². The zero-order chi connectivity index (χ0) is 17.5. The summed E-state index contributed by atoms with van der Waals surface area (Å²) in [4.78, 5) is 8.46. The number of fused-ring (bicyclic) bond motifs is 1. The molecule has 1 saturated carbocycles. The zero-order valence-corrected chi connectivity index (χ0v) is 14.0. The molecule has 1 fully saturated rings. The molecule has 1 aliphatic rings. The summed E-state index contributed by atoms with van der Waals surface area (Å²) in [5, 5.41) is 11.4. The van der Waals surface area contributed by atoms with E-state index in [1.165, 1.54) is 12.8 Å². The monoisotopic (exact) mass is 346 g/mol. The van der Waals surface area contributed by atoms with E-state index in [1.54, 1.807) is 23.2 Å². The van der Waals surface area contributed by atoms with Gasteiger partial charge in [-0.15, -0.1) is 5.10 Å². The van der Waals surface area contributed by atoms with Crippen LogP contribution in [0.1, 0.15) is 12.8 Å². The maximum Gasteiger partial charge on any atom is 0.179 e. The number of nitrogen functional groups attached to an aromatic ring is 1. The predicted molar refractivity (Wildman–Crippen MR) is 101 cm³/mol. The Labute approximate surface area is 149 Å². The van der Waals surface area contributed by atoms with Crippen molar-refractivity contribution in [1.29, 1.82) is 0 Å². The molecule has 0 aliphatic heterocycles. The summed E-state index contributed by atoms with van der Waals surface area (Å²) >= 11 is 0. The second kappa shape index (κ2) is 5.76. The van der Waals surface area contributed by atoms with Crippen LogP contribution in [0.5, 0.6) is 0 Å². The molecule has 0 spiro atoms. The van der Waals surface area contributed by atoms with Gasteiger partial charge in [0.05, 0.1) is 18.2 Å². The Morgan fingerprint density at radius 3 is 2.92 bits per heavy atom. The lowest BCUT2D eigenvalue weighted by atomic mass is 10.2. The maximum atomic E-state index is 6.01. The van der Waals surface area contributed by atoms with Crippen molar-refractivity contribution in [2.75, 3.05) is 16.4 Å². The number of hydrogen-bond acceptors (Lipinski definition) is 6. The molecular weight excluding hydrogens is 328 g/mol. The fourth-order valence-electron chi connectivity index (χ4n) is 2.90. The van der Waals surface area contributed by atoms with E-state index < -0.39 is 0 Å². The van der Waals surface area contributed by atoms with Crippen molar-refractivity contribution in [3.05, 3.63) is 55.2 Å². The fraction of sp³-hybridized carbons (Fsp3) is 0.167. The zero-order valence-electron chi connectivity index (χ0n) is 14.0. The van der Waals surface area contributed by atoms with E-state index in [2.05, 4.69) is 25.7 Å². The Hall–Kier alpha value is -3.55. The smallest absolute Gasteiger partial charge is 0.179 e. The Morgan fingerprint density at radius 2 is 2.12 bits per heavy atom. The minimum atomic E-state index is 0.509. The molecule has 0 amide bonds. The van der Waals surface area contributed by atoms with Gasteiger partial charge in [-0.25, -0.2) is 9.97 Å². The summed E-state index contributed by atoms with van der Waals surface area (Å²) in [5.74, 6) is 1.21. The molecule has 0 unspecified atom stereocenters. The number of nitrogens with two attached hydrogens (primary N) is 1. The molecular formula is C18H18N8. The molecule has 4 aromatic rings. The highest BCUT2D eigenvalue weighted by Crippen LogP contribution is 2.29. The average Bonchev–Trinajstić information content (AvgIpc) is 3.15. The van der Waals surface area contributed by atoms with Crippen molar-refractivity contribution in [2.45, 2.75) is 18.9 Å². The van der Waals surface area contributed by atoms with E-state index in [0.717, 1.165) is 22.7 Å². The molecule has 8 nitrogen and oxygen atoms in total. The van der Waals surface area contributed by atoms with Crippen LogP contribution < -0.4 is 16.4 Å². The second-order valence-corrected chi connectivity index (χ2v) is 6.43. The molecule has 3 aromatic heterocycles. The lowest BCUT2D eigenvalue weighted by molar-refractivity contribution is 0.948. The first kappa shape index (κ1) is 14.8. The lowest BCUT2D eigenvalue weighted by Crippen LogP contribution is -2.08. The van der Waals surface area contributed by atoms with Gasteiger partial charge in [-0.1, -0.05) is 6.07 Å². The van der Waals surface area contributed by atoms with Gasteiger partial charge >= 0.3 is 0 Å². The largest absolute Gasteiger partial charge is 0.382 e. The van der Waals surface area contributed by atoms with Gasteiger partial charge in [-0.2, -0.15) is 4.52 Å². The molecule has 130 valence electrons. The molecule has 0 bridgehead atoms. The van der Waals surface area contributed by atoms with Crippen molar-refractivity contribution in [3.8, 4) is 5.69 Å². The van der Waals surface area contributed by atoms with Crippen LogP contribution in [0.3, 0.4) is 0 Å². The number of aromatic nitrogens is 5. The molecule has 8 heteroatoms. The van der Waals surface area contributed by atoms with E-state index in [4.69, 9.17) is 5.73 Å². The highest BCUT2D eigenvalue weighted by Gasteiger charge is 2.23. The van der Waals surface area contributed by atoms with Crippen LogP contribution >= 0.6 is 0 Å². The van der Waals surface area contributed by atoms with Gasteiger partial charge in [0.25, 0.3) is 0 Å². The van der Waals surface area contributed by atoms with Crippen molar-refractivity contribution in [1.82, 2.24) is 24.1 Å². The second-order valence-electron chi connectivity index (χ2n) is 6.43. The van der Waals surface area contributed by atoms with Crippen LogP contribution in [0.4, 0.5) is 23.0 Å². The first-order valence-corrected chi connectivity index (χ1v) is 8.52. The van der Waals surface area contributed by atoms with Gasteiger partial charge in [-0.3, -0.25) is 0 Å². The number of anilines is 4. The van der Waals surface area contributed by atoms with Crippen LogP contribution in [-0.4, -0.2) is 30.2 Å².